The number of alkyl carbamates (subject to hydrolysis) is 1. The fourth-order valence-corrected chi connectivity index (χ4v) is 5.14. The number of hydrogen-bond acceptors (Lipinski definition) is 4. The summed E-state index contributed by atoms with van der Waals surface area (Å²) in [4.78, 5) is 28.9. The molecule has 3 amide bonds. The second-order valence-electron chi connectivity index (χ2n) is 9.85. The molecule has 0 aromatic heterocycles. The summed E-state index contributed by atoms with van der Waals surface area (Å²) >= 11 is 0. The molecule has 7 heteroatoms. The summed E-state index contributed by atoms with van der Waals surface area (Å²) in [6, 6.07) is 15.9. The Morgan fingerprint density at radius 2 is 1.66 bits per heavy atom. The molecule has 2 aromatic carbocycles. The topological polar surface area (TPSA) is 61.9 Å². The first kappa shape index (κ1) is 25.2. The Balaban J connectivity index is 1.13. The smallest absolute Gasteiger partial charge is 0.415 e. The van der Waals surface area contributed by atoms with Crippen LogP contribution in [0, 0.1) is 17.7 Å². The van der Waals surface area contributed by atoms with Crippen molar-refractivity contribution in [1.29, 1.82) is 0 Å². The number of carbonyl (C=O) groups is 2. The zero-order valence-corrected chi connectivity index (χ0v) is 20.3. The van der Waals surface area contributed by atoms with Gasteiger partial charge in [-0.05, 0) is 93.3 Å². The molecule has 35 heavy (non-hydrogen) atoms. The van der Waals surface area contributed by atoms with E-state index in [2.05, 4.69) is 10.2 Å². The van der Waals surface area contributed by atoms with Gasteiger partial charge >= 0.3 is 12.1 Å². The minimum Gasteiger partial charge on any atom is -0.444 e. The predicted molar refractivity (Wildman–Crippen MR) is 133 cm³/mol. The highest BCUT2D eigenvalue weighted by Gasteiger charge is 2.26. The molecule has 6 nitrogen and oxygen atoms in total. The Hall–Kier alpha value is -2.93. The van der Waals surface area contributed by atoms with E-state index in [0.29, 0.717) is 24.9 Å². The van der Waals surface area contributed by atoms with E-state index < -0.39 is 6.09 Å². The fourth-order valence-electron chi connectivity index (χ4n) is 5.14. The third-order valence-electron chi connectivity index (χ3n) is 7.23. The van der Waals surface area contributed by atoms with E-state index in [9.17, 15) is 14.0 Å². The Morgan fingerprint density at radius 1 is 0.914 bits per heavy atom. The molecule has 1 unspecified atom stereocenters. The zero-order chi connectivity index (χ0) is 24.5. The number of likely N-dealkylation sites (tertiary alicyclic amines) is 2. The normalized spacial score (nSPS) is 19.3. The lowest BCUT2D eigenvalue weighted by Gasteiger charge is -2.35. The van der Waals surface area contributed by atoms with Gasteiger partial charge in [0.1, 0.15) is 12.4 Å². The summed E-state index contributed by atoms with van der Waals surface area (Å²) in [5, 5.41) is 2.37. The second-order valence-corrected chi connectivity index (χ2v) is 9.85. The van der Waals surface area contributed by atoms with Crippen molar-refractivity contribution in [1.82, 2.24) is 15.1 Å². The monoisotopic (exact) mass is 481 g/mol. The van der Waals surface area contributed by atoms with Crippen LogP contribution in [-0.4, -0.2) is 54.6 Å². The van der Waals surface area contributed by atoms with Crippen molar-refractivity contribution < 1.29 is 18.7 Å². The molecular weight excluding hydrogens is 445 g/mol. The molecule has 2 fully saturated rings. The second kappa shape index (κ2) is 12.7. The molecule has 0 aliphatic carbocycles. The molecule has 2 heterocycles. The quantitative estimate of drug-likeness (QED) is 0.588. The number of rotatable bonds is 7. The summed E-state index contributed by atoms with van der Waals surface area (Å²) in [6.07, 6.45) is 5.78. The van der Waals surface area contributed by atoms with Gasteiger partial charge in [0, 0.05) is 13.1 Å². The Kier molecular flexibility index (Phi) is 9.12. The van der Waals surface area contributed by atoms with E-state index in [1.807, 2.05) is 42.5 Å². The van der Waals surface area contributed by atoms with Crippen molar-refractivity contribution in [2.45, 2.75) is 45.1 Å². The van der Waals surface area contributed by atoms with Crippen LogP contribution >= 0.6 is 0 Å². The lowest BCUT2D eigenvalue weighted by molar-refractivity contribution is 0.125. The van der Waals surface area contributed by atoms with Crippen LogP contribution in [0.3, 0.4) is 0 Å². The van der Waals surface area contributed by atoms with E-state index in [0.717, 1.165) is 50.9 Å². The van der Waals surface area contributed by atoms with Gasteiger partial charge in [0.2, 0.25) is 0 Å². The first-order valence-corrected chi connectivity index (χ1v) is 12.8. The van der Waals surface area contributed by atoms with Crippen LogP contribution < -0.4 is 5.32 Å². The molecule has 1 atom stereocenters. The molecule has 0 bridgehead atoms. The molecule has 188 valence electrons. The first-order valence-electron chi connectivity index (χ1n) is 12.8. The van der Waals surface area contributed by atoms with E-state index in [4.69, 9.17) is 4.74 Å². The maximum Gasteiger partial charge on any atom is 0.415 e. The number of ether oxygens (including phenoxy) is 1. The number of carbonyl (C=O) groups excluding carboxylic acids is 2. The SMILES string of the molecule is O=C(NC(=O)N1CCCC(CCN2CCC(Cc3ccc(F)cc3)CC2)C1)OCc1ccccc1. The molecule has 0 radical (unpaired) electrons. The number of nitrogens with one attached hydrogen (secondary N) is 1. The van der Waals surface area contributed by atoms with Crippen molar-refractivity contribution in [3.8, 4) is 0 Å². The number of urea groups is 1. The van der Waals surface area contributed by atoms with Crippen molar-refractivity contribution in [3.63, 3.8) is 0 Å². The van der Waals surface area contributed by atoms with E-state index in [-0.39, 0.29) is 18.5 Å². The minimum absolute atomic E-state index is 0.142. The molecule has 2 aliphatic rings. The average molecular weight is 482 g/mol. The van der Waals surface area contributed by atoms with Gasteiger partial charge in [-0.3, -0.25) is 0 Å². The fraction of sp³-hybridized carbons (Fsp3) is 0.500. The molecule has 2 saturated heterocycles. The van der Waals surface area contributed by atoms with E-state index in [1.54, 1.807) is 17.0 Å². The van der Waals surface area contributed by atoms with Crippen molar-refractivity contribution in [2.75, 3.05) is 32.7 Å². The third kappa shape index (κ3) is 8.06. The summed E-state index contributed by atoms with van der Waals surface area (Å²) in [5.74, 6) is 0.935. The number of hydrogen-bond donors (Lipinski definition) is 1. The number of nitrogens with zero attached hydrogens (tertiary/aromatic N) is 2. The van der Waals surface area contributed by atoms with Crippen LogP contribution in [0.25, 0.3) is 0 Å². The number of amides is 3. The highest BCUT2D eigenvalue weighted by molar-refractivity contribution is 5.90. The largest absolute Gasteiger partial charge is 0.444 e. The van der Waals surface area contributed by atoms with Crippen molar-refractivity contribution >= 4 is 12.1 Å². The van der Waals surface area contributed by atoms with Gasteiger partial charge < -0.3 is 14.5 Å². The van der Waals surface area contributed by atoms with Crippen LogP contribution in [0.2, 0.25) is 0 Å². The highest BCUT2D eigenvalue weighted by Crippen LogP contribution is 2.24. The van der Waals surface area contributed by atoms with Crippen LogP contribution in [0.5, 0.6) is 0 Å². The standard InChI is InChI=1S/C28H36FN3O3/c29-26-10-8-22(9-11-26)19-23-12-16-31(17-13-23)18-14-24-7-4-15-32(20-24)27(33)30-28(34)35-21-25-5-2-1-3-6-25/h1-3,5-6,8-11,23-24H,4,7,12-21H2,(H,30,33,34). The zero-order valence-electron chi connectivity index (χ0n) is 20.3. The van der Waals surface area contributed by atoms with Crippen LogP contribution in [0.1, 0.15) is 43.2 Å². The summed E-state index contributed by atoms with van der Waals surface area (Å²) < 4.78 is 18.3. The maximum absolute atomic E-state index is 13.1. The van der Waals surface area contributed by atoms with E-state index in [1.165, 1.54) is 18.4 Å². The van der Waals surface area contributed by atoms with Crippen molar-refractivity contribution in [2.24, 2.45) is 11.8 Å². The van der Waals surface area contributed by atoms with Gasteiger partial charge in [0.05, 0.1) is 0 Å². The Morgan fingerprint density at radius 3 is 2.40 bits per heavy atom. The number of benzene rings is 2. The molecule has 0 saturated carbocycles. The lowest BCUT2D eigenvalue weighted by Crippen LogP contribution is -2.48. The molecule has 2 aromatic rings. The first-order chi connectivity index (χ1) is 17.0. The highest BCUT2D eigenvalue weighted by atomic mass is 19.1. The Bertz CT molecular complexity index is 946. The molecule has 0 spiro atoms. The maximum atomic E-state index is 13.1. The molecule has 2 aliphatic heterocycles. The van der Waals surface area contributed by atoms with Gasteiger partial charge in [-0.25, -0.2) is 19.3 Å². The van der Waals surface area contributed by atoms with E-state index >= 15 is 0 Å². The molecule has 1 N–H and O–H groups in total. The summed E-state index contributed by atoms with van der Waals surface area (Å²) in [6.45, 7) is 4.72. The van der Waals surface area contributed by atoms with Crippen molar-refractivity contribution in [3.05, 3.63) is 71.5 Å². The lowest BCUT2D eigenvalue weighted by atomic mass is 9.89. The van der Waals surface area contributed by atoms with Gasteiger partial charge in [-0.2, -0.15) is 0 Å². The van der Waals surface area contributed by atoms with Gasteiger partial charge in [-0.15, -0.1) is 0 Å². The van der Waals surface area contributed by atoms with Crippen LogP contribution in [-0.2, 0) is 17.8 Å². The average Bonchev–Trinajstić information content (AvgIpc) is 2.89. The minimum atomic E-state index is -0.704. The summed E-state index contributed by atoms with van der Waals surface area (Å²) in [7, 11) is 0. The predicted octanol–water partition coefficient (Wildman–Crippen LogP) is 5.23. The van der Waals surface area contributed by atoms with Crippen LogP contribution in [0.4, 0.5) is 14.0 Å². The number of halogens is 1. The molecule has 4 rings (SSSR count). The van der Waals surface area contributed by atoms with Gasteiger partial charge in [0.25, 0.3) is 0 Å². The van der Waals surface area contributed by atoms with Gasteiger partial charge in [0.15, 0.2) is 0 Å². The number of imide groups is 1. The Labute approximate surface area is 207 Å². The third-order valence-corrected chi connectivity index (χ3v) is 7.23. The van der Waals surface area contributed by atoms with Crippen LogP contribution in [0.15, 0.2) is 54.6 Å². The number of piperidine rings is 2. The summed E-state index contributed by atoms with van der Waals surface area (Å²) in [5.41, 5.74) is 2.10. The van der Waals surface area contributed by atoms with Gasteiger partial charge in [-0.1, -0.05) is 42.5 Å². The molecular formula is C28H36FN3O3.